The van der Waals surface area contributed by atoms with Crippen LogP contribution in [-0.2, 0) is 14.3 Å². The Labute approximate surface area is 305 Å². The maximum atomic E-state index is 12.1. The van der Waals surface area contributed by atoms with Crippen molar-refractivity contribution in [2.45, 2.75) is 200 Å². The lowest BCUT2D eigenvalue weighted by atomic mass is 10.0. The molecule has 49 heavy (non-hydrogen) atoms. The molecule has 0 saturated carbocycles. The van der Waals surface area contributed by atoms with Gasteiger partial charge in [-0.15, -0.1) is 0 Å². The van der Waals surface area contributed by atoms with E-state index in [0.717, 1.165) is 51.4 Å². The van der Waals surface area contributed by atoms with Crippen LogP contribution < -0.4 is 0 Å². The predicted octanol–water partition coefficient (Wildman–Crippen LogP) is 13.7. The number of carbonyl (C=O) groups excluding carboxylic acids is 1. The zero-order valence-corrected chi connectivity index (χ0v) is 32.4. The lowest BCUT2D eigenvalue weighted by molar-refractivity contribution is -0.154. The van der Waals surface area contributed by atoms with E-state index in [2.05, 4.69) is 74.6 Å². The molecule has 0 rings (SSSR count). The van der Waals surface area contributed by atoms with Crippen LogP contribution in [0.15, 0.2) is 60.8 Å². The van der Waals surface area contributed by atoms with Crippen molar-refractivity contribution in [1.29, 1.82) is 0 Å². The van der Waals surface area contributed by atoms with Gasteiger partial charge < -0.3 is 14.6 Å². The Balaban J connectivity index is 3.41. The lowest BCUT2D eigenvalue weighted by Crippen LogP contribution is -2.27. The molecule has 0 aliphatic heterocycles. The molecule has 1 atom stereocenters. The van der Waals surface area contributed by atoms with E-state index >= 15 is 0 Å². The minimum absolute atomic E-state index is 0.176. The smallest absolute Gasteiger partial charge is 0.306 e. The Bertz CT molecular complexity index is 809. The second kappa shape index (κ2) is 42.3. The Morgan fingerprint density at radius 2 is 0.918 bits per heavy atom. The van der Waals surface area contributed by atoms with Gasteiger partial charge in [0.15, 0.2) is 0 Å². The van der Waals surface area contributed by atoms with Crippen LogP contribution in [0.1, 0.15) is 194 Å². The third kappa shape index (κ3) is 40.4. The monoisotopic (exact) mass is 685 g/mol. The van der Waals surface area contributed by atoms with Crippen LogP contribution in [0.25, 0.3) is 0 Å². The van der Waals surface area contributed by atoms with Crippen molar-refractivity contribution in [3.05, 3.63) is 60.8 Å². The van der Waals surface area contributed by atoms with E-state index in [9.17, 15) is 9.90 Å². The van der Waals surface area contributed by atoms with Gasteiger partial charge in [-0.1, -0.05) is 177 Å². The maximum Gasteiger partial charge on any atom is 0.306 e. The van der Waals surface area contributed by atoms with Crippen LogP contribution in [0.2, 0.25) is 0 Å². The summed E-state index contributed by atoms with van der Waals surface area (Å²) in [5, 5.41) is 9.57. The normalized spacial score (nSPS) is 13.0. The third-order valence-electron chi connectivity index (χ3n) is 8.83. The first-order valence-electron chi connectivity index (χ1n) is 20.9. The number of aliphatic hydroxyl groups is 1. The topological polar surface area (TPSA) is 55.8 Å². The average molecular weight is 685 g/mol. The Morgan fingerprint density at radius 1 is 0.510 bits per heavy atom. The fourth-order valence-corrected chi connectivity index (χ4v) is 5.71. The molecule has 0 fully saturated rings. The third-order valence-corrected chi connectivity index (χ3v) is 8.83. The van der Waals surface area contributed by atoms with Crippen molar-refractivity contribution in [3.63, 3.8) is 0 Å². The summed E-state index contributed by atoms with van der Waals surface area (Å²) in [5.41, 5.74) is 0. The Hall–Kier alpha value is -1.91. The number of rotatable bonds is 38. The lowest BCUT2D eigenvalue weighted by Gasteiger charge is -2.15. The van der Waals surface area contributed by atoms with Crippen LogP contribution in [0.5, 0.6) is 0 Å². The Kier molecular flexibility index (Phi) is 40.6. The molecule has 0 heterocycles. The van der Waals surface area contributed by atoms with E-state index in [-0.39, 0.29) is 12.6 Å². The van der Waals surface area contributed by atoms with Gasteiger partial charge in [-0.05, 0) is 70.6 Å². The maximum absolute atomic E-state index is 12.1. The molecule has 0 aromatic carbocycles. The molecular weight excluding hydrogens is 604 g/mol. The number of aliphatic hydroxyl groups excluding tert-OH is 1. The molecule has 284 valence electrons. The highest BCUT2D eigenvalue weighted by Crippen LogP contribution is 2.14. The van der Waals surface area contributed by atoms with Gasteiger partial charge in [0.1, 0.15) is 6.10 Å². The summed E-state index contributed by atoms with van der Waals surface area (Å²) in [6.07, 6.45) is 55.7. The summed E-state index contributed by atoms with van der Waals surface area (Å²) in [4.78, 5) is 12.1. The summed E-state index contributed by atoms with van der Waals surface area (Å²) >= 11 is 0. The molecule has 1 unspecified atom stereocenters. The Morgan fingerprint density at radius 3 is 1.41 bits per heavy atom. The van der Waals surface area contributed by atoms with Crippen LogP contribution in [0.3, 0.4) is 0 Å². The van der Waals surface area contributed by atoms with E-state index in [0.29, 0.717) is 19.6 Å². The van der Waals surface area contributed by atoms with Crippen molar-refractivity contribution in [1.82, 2.24) is 0 Å². The van der Waals surface area contributed by atoms with Crippen molar-refractivity contribution in [3.8, 4) is 0 Å². The summed E-state index contributed by atoms with van der Waals surface area (Å²) in [6.45, 7) is 5.18. The molecule has 0 aliphatic rings. The van der Waals surface area contributed by atoms with Gasteiger partial charge in [-0.3, -0.25) is 4.79 Å². The summed E-state index contributed by atoms with van der Waals surface area (Å²) < 4.78 is 11.1. The van der Waals surface area contributed by atoms with Gasteiger partial charge in [-0.2, -0.15) is 0 Å². The molecule has 0 spiro atoms. The van der Waals surface area contributed by atoms with Gasteiger partial charge in [-0.25, -0.2) is 0 Å². The van der Waals surface area contributed by atoms with Gasteiger partial charge in [0.2, 0.25) is 0 Å². The number of esters is 1. The van der Waals surface area contributed by atoms with Crippen LogP contribution >= 0.6 is 0 Å². The van der Waals surface area contributed by atoms with Gasteiger partial charge in [0.25, 0.3) is 0 Å². The highest BCUT2D eigenvalue weighted by atomic mass is 16.6. The number of ether oxygens (including phenoxy) is 2. The molecule has 4 nitrogen and oxygen atoms in total. The first kappa shape index (κ1) is 47.1. The zero-order chi connectivity index (χ0) is 35.6. The molecular formula is C45H80O4. The largest absolute Gasteiger partial charge is 0.457 e. The molecule has 0 saturated heterocycles. The van der Waals surface area contributed by atoms with Gasteiger partial charge in [0, 0.05) is 13.0 Å². The van der Waals surface area contributed by atoms with E-state index < -0.39 is 6.10 Å². The molecule has 4 heteroatoms. The van der Waals surface area contributed by atoms with E-state index in [1.807, 2.05) is 0 Å². The standard InChI is InChI=1S/C45H80O4/c1-3-5-7-9-11-13-15-16-17-18-19-20-21-22-23-24-25-26-27-28-29-31-33-35-37-39-41-48-43-44(42-46)49-45(47)40-38-36-34-32-30-14-12-10-8-6-4-2/h5,7,10-13,16-17,19-20,44,46H,3-4,6,8-9,14-15,18,21-43H2,1-2H3/b7-5-,12-10-,13-11-,17-16-,20-19-. The van der Waals surface area contributed by atoms with Crippen molar-refractivity contribution in [2.24, 2.45) is 0 Å². The first-order valence-corrected chi connectivity index (χ1v) is 20.9. The second-order valence-corrected chi connectivity index (χ2v) is 13.7. The molecule has 0 aromatic heterocycles. The molecule has 0 aliphatic carbocycles. The second-order valence-electron chi connectivity index (χ2n) is 13.7. The van der Waals surface area contributed by atoms with Crippen LogP contribution in [0, 0.1) is 0 Å². The minimum atomic E-state index is -0.539. The fraction of sp³-hybridized carbons (Fsp3) is 0.756. The number of allylic oxidation sites excluding steroid dienone is 10. The van der Waals surface area contributed by atoms with Crippen molar-refractivity contribution >= 4 is 5.97 Å². The highest BCUT2D eigenvalue weighted by Gasteiger charge is 2.13. The number of hydrogen-bond donors (Lipinski definition) is 1. The van der Waals surface area contributed by atoms with E-state index in [1.165, 1.54) is 122 Å². The van der Waals surface area contributed by atoms with Gasteiger partial charge in [0.05, 0.1) is 13.2 Å². The fourth-order valence-electron chi connectivity index (χ4n) is 5.71. The van der Waals surface area contributed by atoms with Crippen molar-refractivity contribution < 1.29 is 19.4 Å². The summed E-state index contributed by atoms with van der Waals surface area (Å²) in [5.74, 6) is -0.213. The predicted molar refractivity (Wildman–Crippen MR) is 214 cm³/mol. The quantitative estimate of drug-likeness (QED) is 0.0399. The molecule has 0 amide bonds. The molecule has 1 N–H and O–H groups in total. The van der Waals surface area contributed by atoms with E-state index in [4.69, 9.17) is 9.47 Å². The molecule has 0 radical (unpaired) electrons. The number of carbonyl (C=O) groups is 1. The van der Waals surface area contributed by atoms with Gasteiger partial charge >= 0.3 is 5.97 Å². The minimum Gasteiger partial charge on any atom is -0.457 e. The van der Waals surface area contributed by atoms with Crippen molar-refractivity contribution in [2.75, 3.05) is 19.8 Å². The number of unbranched alkanes of at least 4 members (excludes halogenated alkanes) is 20. The zero-order valence-electron chi connectivity index (χ0n) is 32.4. The molecule has 0 aromatic rings. The van der Waals surface area contributed by atoms with Crippen LogP contribution in [-0.4, -0.2) is 37.0 Å². The average Bonchev–Trinajstić information content (AvgIpc) is 3.11. The summed E-state index contributed by atoms with van der Waals surface area (Å²) in [6, 6.07) is 0. The highest BCUT2D eigenvalue weighted by molar-refractivity contribution is 5.69. The van der Waals surface area contributed by atoms with E-state index in [1.54, 1.807) is 0 Å². The number of hydrogen-bond acceptors (Lipinski definition) is 4. The van der Waals surface area contributed by atoms with Crippen LogP contribution in [0.4, 0.5) is 0 Å². The first-order chi connectivity index (χ1) is 24.2. The SMILES string of the molecule is CC/C=C\C/C=C\C/C=C\C/C=C\CCCCCCCCCCCCCCCOCC(CO)OC(=O)CCCCCCC/C=C\CCCC. The summed E-state index contributed by atoms with van der Waals surface area (Å²) in [7, 11) is 0. The molecule has 0 bridgehead atoms.